The van der Waals surface area contributed by atoms with Gasteiger partial charge in [-0.05, 0) is 128 Å². The lowest BCUT2D eigenvalue weighted by molar-refractivity contribution is 1.28. The molecule has 0 fully saturated rings. The Labute approximate surface area is 364 Å². The molecule has 0 N–H and O–H groups in total. The zero-order chi connectivity index (χ0) is 41.5. The molecule has 10 aromatic rings. The average molecular weight is 793 g/mol. The highest BCUT2D eigenvalue weighted by Crippen LogP contribution is 2.42. The van der Waals surface area contributed by atoms with Crippen molar-refractivity contribution in [3.05, 3.63) is 267 Å². The van der Waals surface area contributed by atoms with E-state index < -0.39 is 0 Å². The maximum Gasteiger partial charge on any atom is 0.0468 e. The van der Waals surface area contributed by atoms with Gasteiger partial charge in [0, 0.05) is 34.1 Å². The van der Waals surface area contributed by atoms with E-state index in [1.54, 1.807) is 0 Å². The van der Waals surface area contributed by atoms with Crippen LogP contribution in [0.5, 0.6) is 0 Å². The van der Waals surface area contributed by atoms with Crippen molar-refractivity contribution in [1.82, 2.24) is 0 Å². The predicted octanol–water partition coefficient (Wildman–Crippen LogP) is 17.0. The molecular formula is C60H44N2. The average Bonchev–Trinajstić information content (AvgIpc) is 3.36. The lowest BCUT2D eigenvalue weighted by Crippen LogP contribution is -2.10. The van der Waals surface area contributed by atoms with Gasteiger partial charge in [0.2, 0.25) is 0 Å². The van der Waals surface area contributed by atoms with Gasteiger partial charge in [-0.3, -0.25) is 0 Å². The van der Waals surface area contributed by atoms with Gasteiger partial charge < -0.3 is 9.80 Å². The summed E-state index contributed by atoms with van der Waals surface area (Å²) in [6, 6.07) is 95.5. The Kier molecular flexibility index (Phi) is 10.8. The van der Waals surface area contributed by atoms with Crippen LogP contribution in [0.1, 0.15) is 0 Å². The minimum Gasteiger partial charge on any atom is -0.311 e. The summed E-state index contributed by atoms with van der Waals surface area (Å²) in [6.45, 7) is 0. The molecule has 0 unspecified atom stereocenters. The van der Waals surface area contributed by atoms with Crippen LogP contribution in [-0.2, 0) is 0 Å². The Hall–Kier alpha value is -8.20. The van der Waals surface area contributed by atoms with Gasteiger partial charge in [-0.2, -0.15) is 0 Å². The van der Waals surface area contributed by atoms with Crippen molar-refractivity contribution in [3.8, 4) is 55.6 Å². The molecule has 2 nitrogen and oxygen atoms in total. The van der Waals surface area contributed by atoms with E-state index in [1.807, 2.05) is 0 Å². The van der Waals surface area contributed by atoms with Crippen molar-refractivity contribution in [2.24, 2.45) is 0 Å². The first-order chi connectivity index (χ1) is 30.7. The zero-order valence-electron chi connectivity index (χ0n) is 34.3. The van der Waals surface area contributed by atoms with Crippen LogP contribution in [0.15, 0.2) is 267 Å². The minimum absolute atomic E-state index is 1.10. The second-order valence-electron chi connectivity index (χ2n) is 15.4. The van der Waals surface area contributed by atoms with Gasteiger partial charge in [0.05, 0.1) is 0 Å². The molecule has 0 radical (unpaired) electrons. The molecular weight excluding hydrogens is 749 g/mol. The molecule has 0 heterocycles. The van der Waals surface area contributed by atoms with Gasteiger partial charge >= 0.3 is 0 Å². The summed E-state index contributed by atoms with van der Waals surface area (Å²) in [4.78, 5) is 4.66. The van der Waals surface area contributed by atoms with Gasteiger partial charge in [0.1, 0.15) is 0 Å². The summed E-state index contributed by atoms with van der Waals surface area (Å²) < 4.78 is 0. The van der Waals surface area contributed by atoms with Crippen molar-refractivity contribution in [1.29, 1.82) is 0 Å². The van der Waals surface area contributed by atoms with Crippen LogP contribution in [0.2, 0.25) is 0 Å². The summed E-state index contributed by atoms with van der Waals surface area (Å²) in [5.74, 6) is 0. The topological polar surface area (TPSA) is 6.48 Å². The Bertz CT molecular complexity index is 2990. The molecule has 10 aromatic carbocycles. The fraction of sp³-hybridized carbons (Fsp3) is 0. The van der Waals surface area contributed by atoms with Crippen LogP contribution in [-0.4, -0.2) is 0 Å². The summed E-state index contributed by atoms with van der Waals surface area (Å²) in [5.41, 5.74) is 18.5. The molecule has 0 amide bonds. The molecule has 0 aliphatic heterocycles. The normalized spacial score (nSPS) is 10.9. The van der Waals surface area contributed by atoms with Crippen LogP contribution in [0.4, 0.5) is 34.1 Å². The molecule has 0 aliphatic carbocycles. The van der Waals surface area contributed by atoms with E-state index in [-0.39, 0.29) is 0 Å². The highest BCUT2D eigenvalue weighted by atomic mass is 15.1. The van der Waals surface area contributed by atoms with E-state index in [1.165, 1.54) is 55.6 Å². The second kappa shape index (κ2) is 17.6. The van der Waals surface area contributed by atoms with Crippen LogP contribution in [0, 0.1) is 0 Å². The predicted molar refractivity (Wildman–Crippen MR) is 263 cm³/mol. The first-order valence-electron chi connectivity index (χ1n) is 21.2. The summed E-state index contributed by atoms with van der Waals surface area (Å²) in [7, 11) is 0. The first kappa shape index (κ1) is 38.0. The molecule has 0 atom stereocenters. The Morgan fingerprint density at radius 1 is 0.161 bits per heavy atom. The third kappa shape index (κ3) is 8.06. The van der Waals surface area contributed by atoms with Gasteiger partial charge in [0.25, 0.3) is 0 Å². The summed E-state index contributed by atoms with van der Waals surface area (Å²) >= 11 is 0. The number of hydrogen-bond acceptors (Lipinski definition) is 2. The van der Waals surface area contributed by atoms with Crippen molar-refractivity contribution >= 4 is 34.1 Å². The standard InChI is InChI=1S/C60H44N2/c1-6-16-45(17-7-1)48-30-36-55(37-31-48)61(53-22-12-4-13-23-53)56-38-34-50(35-39-56)47-26-28-52(29-27-47)59-43-42-58(44-60(59)51-20-10-3-11-21-51)62(54-24-14-5-15-25-54)57-40-32-49(33-41-57)46-18-8-2-9-19-46/h1-44H. The maximum absolute atomic E-state index is 2.34. The minimum atomic E-state index is 1.10. The van der Waals surface area contributed by atoms with Crippen LogP contribution < -0.4 is 9.80 Å². The molecule has 0 bridgehead atoms. The Morgan fingerprint density at radius 3 is 0.790 bits per heavy atom. The van der Waals surface area contributed by atoms with Crippen molar-refractivity contribution < 1.29 is 0 Å². The summed E-state index contributed by atoms with van der Waals surface area (Å²) in [5, 5.41) is 0. The molecule has 294 valence electrons. The highest BCUT2D eigenvalue weighted by molar-refractivity contribution is 5.90. The van der Waals surface area contributed by atoms with E-state index in [4.69, 9.17) is 0 Å². The molecule has 2 heteroatoms. The van der Waals surface area contributed by atoms with E-state index in [2.05, 4.69) is 277 Å². The highest BCUT2D eigenvalue weighted by Gasteiger charge is 2.17. The third-order valence-electron chi connectivity index (χ3n) is 11.5. The van der Waals surface area contributed by atoms with Gasteiger partial charge in [-0.25, -0.2) is 0 Å². The quantitative estimate of drug-likeness (QED) is 0.129. The molecule has 0 spiro atoms. The molecule has 0 aliphatic rings. The molecule has 10 rings (SSSR count). The monoisotopic (exact) mass is 792 g/mol. The fourth-order valence-corrected chi connectivity index (χ4v) is 8.34. The number of anilines is 6. The van der Waals surface area contributed by atoms with E-state index in [0.717, 1.165) is 34.1 Å². The van der Waals surface area contributed by atoms with Crippen LogP contribution in [0.25, 0.3) is 55.6 Å². The van der Waals surface area contributed by atoms with Crippen LogP contribution >= 0.6 is 0 Å². The van der Waals surface area contributed by atoms with Crippen LogP contribution in [0.3, 0.4) is 0 Å². The van der Waals surface area contributed by atoms with Crippen molar-refractivity contribution in [2.45, 2.75) is 0 Å². The maximum atomic E-state index is 2.34. The molecule has 0 saturated heterocycles. The Balaban J connectivity index is 0.963. The van der Waals surface area contributed by atoms with Crippen molar-refractivity contribution in [2.75, 3.05) is 9.80 Å². The fourth-order valence-electron chi connectivity index (χ4n) is 8.34. The molecule has 62 heavy (non-hydrogen) atoms. The van der Waals surface area contributed by atoms with Gasteiger partial charge in [-0.1, -0.05) is 194 Å². The lowest BCUT2D eigenvalue weighted by atomic mass is 9.92. The number of benzene rings is 10. The van der Waals surface area contributed by atoms with Gasteiger partial charge in [0.15, 0.2) is 0 Å². The summed E-state index contributed by atoms with van der Waals surface area (Å²) in [6.07, 6.45) is 0. The molecule has 0 aromatic heterocycles. The SMILES string of the molecule is c1ccc(-c2ccc(N(c3ccccc3)c3ccc(-c4ccc(-c5ccc(N(c6ccccc6)c6ccc(-c7ccccc7)cc6)cc5-c5ccccc5)cc4)cc3)cc2)cc1. The van der Waals surface area contributed by atoms with Crippen molar-refractivity contribution in [3.63, 3.8) is 0 Å². The largest absolute Gasteiger partial charge is 0.311 e. The number of hydrogen-bond donors (Lipinski definition) is 0. The Morgan fingerprint density at radius 2 is 0.403 bits per heavy atom. The number of para-hydroxylation sites is 2. The first-order valence-corrected chi connectivity index (χ1v) is 21.2. The van der Waals surface area contributed by atoms with E-state index in [0.29, 0.717) is 0 Å². The number of nitrogens with zero attached hydrogens (tertiary/aromatic N) is 2. The smallest absolute Gasteiger partial charge is 0.0468 e. The molecule has 0 saturated carbocycles. The lowest BCUT2D eigenvalue weighted by Gasteiger charge is -2.27. The third-order valence-corrected chi connectivity index (χ3v) is 11.5. The zero-order valence-corrected chi connectivity index (χ0v) is 34.3. The number of rotatable bonds is 11. The second-order valence-corrected chi connectivity index (χ2v) is 15.4. The van der Waals surface area contributed by atoms with Gasteiger partial charge in [-0.15, -0.1) is 0 Å². The van der Waals surface area contributed by atoms with E-state index in [9.17, 15) is 0 Å². The van der Waals surface area contributed by atoms with E-state index >= 15 is 0 Å².